The minimum atomic E-state index is 0. The average Bonchev–Trinajstić information content (AvgIpc) is 2.86. The number of fused-ring (bicyclic) bond motifs is 3. The van der Waals surface area contributed by atoms with E-state index in [0.717, 1.165) is 29.8 Å². The van der Waals surface area contributed by atoms with E-state index in [1.54, 1.807) is 6.08 Å². The lowest BCUT2D eigenvalue weighted by molar-refractivity contribution is -0.870. The van der Waals surface area contributed by atoms with Crippen LogP contribution in [-0.2, 0) is 6.42 Å². The van der Waals surface area contributed by atoms with Crippen molar-refractivity contribution in [3.05, 3.63) is 66.2 Å². The summed E-state index contributed by atoms with van der Waals surface area (Å²) in [5, 5.41) is 0. The number of allylic oxidation sites excluding steroid dienone is 1. The molecule has 2 aromatic rings. The maximum atomic E-state index is 6.04. The van der Waals surface area contributed by atoms with Crippen molar-refractivity contribution in [2.45, 2.75) is 13.3 Å². The number of rotatable bonds is 4. The van der Waals surface area contributed by atoms with Gasteiger partial charge in [-0.05, 0) is 29.7 Å². The van der Waals surface area contributed by atoms with Crippen LogP contribution in [0.25, 0.3) is 11.1 Å². The summed E-state index contributed by atoms with van der Waals surface area (Å²) in [6.07, 6.45) is 2.74. The van der Waals surface area contributed by atoms with Crippen molar-refractivity contribution < 1.29 is 21.6 Å². The van der Waals surface area contributed by atoms with Crippen LogP contribution >= 0.6 is 0 Å². The van der Waals surface area contributed by atoms with Gasteiger partial charge in [-0.3, -0.25) is 0 Å². The van der Waals surface area contributed by atoms with E-state index in [2.05, 4.69) is 70.2 Å². The topological polar surface area (TPSA) is 9.23 Å². The van der Waals surface area contributed by atoms with Crippen LogP contribution in [-0.4, -0.2) is 38.8 Å². The fourth-order valence-electron chi connectivity index (χ4n) is 2.69. The van der Waals surface area contributed by atoms with Gasteiger partial charge in [-0.2, -0.15) is 0 Å². The number of ether oxygens (including phenoxy) is 1. The first-order valence-electron chi connectivity index (χ1n) is 8.16. The van der Waals surface area contributed by atoms with Gasteiger partial charge >= 0.3 is 0 Å². The van der Waals surface area contributed by atoms with Gasteiger partial charge in [0, 0.05) is 12.0 Å². The second kappa shape index (κ2) is 8.91. The minimum Gasteiger partial charge on any atom is -1.00 e. The van der Waals surface area contributed by atoms with E-state index in [4.69, 9.17) is 4.74 Å². The Morgan fingerprint density at radius 2 is 1.67 bits per heavy atom. The maximum Gasteiger partial charge on any atom is 0.137 e. The van der Waals surface area contributed by atoms with Gasteiger partial charge in [0.2, 0.25) is 0 Å². The first-order valence-corrected chi connectivity index (χ1v) is 8.16. The van der Waals surface area contributed by atoms with E-state index < -0.39 is 0 Å². The first kappa shape index (κ1) is 20.3. The van der Waals surface area contributed by atoms with Crippen LogP contribution in [0.3, 0.4) is 0 Å². The van der Waals surface area contributed by atoms with Gasteiger partial charge in [-0.25, -0.2) is 0 Å². The Hall–Kier alpha value is -1.77. The van der Waals surface area contributed by atoms with E-state index in [-0.39, 0.29) is 12.4 Å². The first-order chi connectivity index (χ1) is 11.0. The number of hydrogen-bond donors (Lipinski definition) is 0. The Morgan fingerprint density at radius 1 is 1.04 bits per heavy atom. The largest absolute Gasteiger partial charge is 1.00 e. The molecule has 2 nitrogen and oxygen atoms in total. The summed E-state index contributed by atoms with van der Waals surface area (Å²) in [4.78, 5) is 0. The molecule has 1 aliphatic carbocycles. The third-order valence-electron chi connectivity index (χ3n) is 3.83. The highest BCUT2D eigenvalue weighted by atomic mass is 35.5. The molecule has 0 aromatic heterocycles. The minimum absolute atomic E-state index is 0. The second-order valence-electron chi connectivity index (χ2n) is 6.89. The molecule has 0 spiro atoms. The Balaban J connectivity index is 0.000000671. The lowest BCUT2D eigenvalue weighted by Gasteiger charge is -2.24. The maximum absolute atomic E-state index is 6.04. The Bertz CT molecular complexity index is 674. The smallest absolute Gasteiger partial charge is 0.137 e. The molecule has 3 heteroatoms. The van der Waals surface area contributed by atoms with Crippen molar-refractivity contribution in [3.63, 3.8) is 0 Å². The van der Waals surface area contributed by atoms with Crippen LogP contribution in [0, 0.1) is 0 Å². The zero-order chi connectivity index (χ0) is 16.9. The van der Waals surface area contributed by atoms with Gasteiger partial charge in [-0.15, -0.1) is 6.58 Å². The van der Waals surface area contributed by atoms with Crippen LogP contribution in [0.4, 0.5) is 0 Å². The molecule has 0 N–H and O–H groups in total. The van der Waals surface area contributed by atoms with E-state index >= 15 is 0 Å². The lowest BCUT2D eigenvalue weighted by atomic mass is 10.1. The number of likely N-dealkylation sites (N-methyl/N-ethyl adjacent to an activating group) is 1. The van der Waals surface area contributed by atoms with Crippen molar-refractivity contribution in [1.29, 1.82) is 0 Å². The summed E-state index contributed by atoms with van der Waals surface area (Å²) >= 11 is 0. The molecule has 0 amide bonds. The third-order valence-corrected chi connectivity index (χ3v) is 3.83. The molecule has 0 fully saturated rings. The van der Waals surface area contributed by atoms with Gasteiger partial charge in [0.15, 0.2) is 0 Å². The average molecular weight is 346 g/mol. The van der Waals surface area contributed by atoms with Crippen molar-refractivity contribution in [3.8, 4) is 16.9 Å². The Morgan fingerprint density at radius 3 is 2.33 bits per heavy atom. The molecule has 130 valence electrons. The molecule has 0 atom stereocenters. The fourth-order valence-corrected chi connectivity index (χ4v) is 2.69. The van der Waals surface area contributed by atoms with Crippen LogP contribution in [0.2, 0.25) is 0 Å². The molecular formula is C21H28ClNO. The van der Waals surface area contributed by atoms with Crippen molar-refractivity contribution in [2.24, 2.45) is 0 Å². The molecule has 0 saturated carbocycles. The summed E-state index contributed by atoms with van der Waals surface area (Å²) in [6, 6.07) is 15.0. The van der Waals surface area contributed by atoms with E-state index in [1.165, 1.54) is 22.3 Å². The van der Waals surface area contributed by atoms with Gasteiger partial charge in [0.05, 0.1) is 21.1 Å². The quantitative estimate of drug-likeness (QED) is 0.515. The van der Waals surface area contributed by atoms with Crippen LogP contribution in [0.5, 0.6) is 5.75 Å². The van der Waals surface area contributed by atoms with E-state index in [0.29, 0.717) is 0 Å². The Labute approximate surface area is 152 Å². The number of halogens is 1. The van der Waals surface area contributed by atoms with Crippen molar-refractivity contribution in [1.82, 2.24) is 0 Å². The van der Waals surface area contributed by atoms with Crippen molar-refractivity contribution in [2.75, 3.05) is 34.3 Å². The standard InChI is InChI=1S/C18H22NO.C3H6.ClH/c1-19(2,3)11-12-20-18-10-6-9-16-15-8-5-4-7-14(15)13-17(16)18;1-3-2;/h4-10H,11-13H2,1-3H3;3H,1H2,2H3;1H/q+1;;/p-1. The molecule has 24 heavy (non-hydrogen) atoms. The van der Waals surface area contributed by atoms with Crippen LogP contribution < -0.4 is 17.1 Å². The normalized spacial score (nSPS) is 11.3. The predicted octanol–water partition coefficient (Wildman–Crippen LogP) is 1.54. The molecule has 0 unspecified atom stereocenters. The van der Waals surface area contributed by atoms with Gasteiger partial charge in [0.25, 0.3) is 0 Å². The molecule has 0 aliphatic heterocycles. The van der Waals surface area contributed by atoms with Gasteiger partial charge in [-0.1, -0.05) is 42.5 Å². The van der Waals surface area contributed by atoms with Crippen LogP contribution in [0.1, 0.15) is 18.1 Å². The summed E-state index contributed by atoms with van der Waals surface area (Å²) in [7, 11) is 6.57. The molecule has 0 radical (unpaired) electrons. The zero-order valence-corrected chi connectivity index (χ0v) is 15.9. The summed E-state index contributed by atoms with van der Waals surface area (Å²) < 4.78 is 6.97. The molecular weight excluding hydrogens is 318 g/mol. The van der Waals surface area contributed by atoms with E-state index in [1.807, 2.05) is 6.92 Å². The van der Waals surface area contributed by atoms with E-state index in [9.17, 15) is 0 Å². The lowest BCUT2D eigenvalue weighted by Crippen LogP contribution is -3.00. The van der Waals surface area contributed by atoms with Crippen LogP contribution in [0.15, 0.2) is 55.1 Å². The second-order valence-corrected chi connectivity index (χ2v) is 6.89. The van der Waals surface area contributed by atoms with Gasteiger partial charge in [0.1, 0.15) is 18.9 Å². The predicted molar refractivity (Wildman–Crippen MR) is 98.9 cm³/mol. The number of nitrogens with zero attached hydrogens (tertiary/aromatic N) is 1. The summed E-state index contributed by atoms with van der Waals surface area (Å²) in [5.41, 5.74) is 5.45. The molecule has 0 saturated heterocycles. The summed E-state index contributed by atoms with van der Waals surface area (Å²) in [6.45, 7) is 7.02. The number of benzene rings is 2. The zero-order valence-electron chi connectivity index (χ0n) is 15.2. The summed E-state index contributed by atoms with van der Waals surface area (Å²) in [5.74, 6) is 1.05. The molecule has 0 bridgehead atoms. The molecule has 3 rings (SSSR count). The SMILES string of the molecule is C=CC.C[N+](C)(C)CCOc1cccc2c1Cc1ccccc1-2.[Cl-]. The highest BCUT2D eigenvalue weighted by Gasteiger charge is 2.21. The monoisotopic (exact) mass is 345 g/mol. The third kappa shape index (κ3) is 5.12. The Kier molecular flexibility index (Phi) is 7.53. The molecule has 0 heterocycles. The highest BCUT2D eigenvalue weighted by Crippen LogP contribution is 2.40. The number of quaternary nitrogens is 1. The van der Waals surface area contributed by atoms with Gasteiger partial charge < -0.3 is 21.6 Å². The molecule has 2 aromatic carbocycles. The van der Waals surface area contributed by atoms with Crippen molar-refractivity contribution >= 4 is 0 Å². The molecule has 1 aliphatic rings. The fraction of sp³-hybridized carbons (Fsp3) is 0.333. The highest BCUT2D eigenvalue weighted by molar-refractivity contribution is 5.78. The number of hydrogen-bond acceptors (Lipinski definition) is 1.